The molecule has 0 bridgehead atoms. The molecule has 0 spiro atoms. The summed E-state index contributed by atoms with van der Waals surface area (Å²) in [7, 11) is 1.60. The Morgan fingerprint density at radius 1 is 1.27 bits per heavy atom. The molecule has 130 valence electrons. The molecule has 2 aromatic heterocycles. The number of benzene rings is 1. The number of pyridine rings is 1. The van der Waals surface area contributed by atoms with E-state index in [9.17, 15) is 9.59 Å². The number of rotatable bonds is 2. The molecule has 1 aromatic carbocycles. The fourth-order valence-electron chi connectivity index (χ4n) is 3.28. The maximum atomic E-state index is 12.9. The van der Waals surface area contributed by atoms with Crippen molar-refractivity contribution in [3.05, 3.63) is 63.2 Å². The van der Waals surface area contributed by atoms with Crippen molar-refractivity contribution in [1.29, 1.82) is 5.26 Å². The Labute approximate surface area is 148 Å². The third-order valence-corrected chi connectivity index (χ3v) is 4.68. The van der Waals surface area contributed by atoms with Gasteiger partial charge < -0.3 is 19.6 Å². The summed E-state index contributed by atoms with van der Waals surface area (Å²) >= 11 is 0. The molecule has 1 aliphatic heterocycles. The quantitative estimate of drug-likeness (QED) is 0.739. The van der Waals surface area contributed by atoms with Gasteiger partial charge in [-0.15, -0.1) is 0 Å². The summed E-state index contributed by atoms with van der Waals surface area (Å²) in [5.41, 5.74) is 2.62. The minimum Gasteiger partial charge on any atom is -0.497 e. The summed E-state index contributed by atoms with van der Waals surface area (Å²) in [6, 6.07) is 10.9. The van der Waals surface area contributed by atoms with Crippen LogP contribution in [0, 0.1) is 11.3 Å². The van der Waals surface area contributed by atoms with Gasteiger partial charge in [0.1, 0.15) is 23.1 Å². The molecule has 0 saturated carbocycles. The van der Waals surface area contributed by atoms with E-state index in [0.717, 1.165) is 27.9 Å². The minimum atomic E-state index is -0.379. The Morgan fingerprint density at radius 2 is 2.12 bits per heavy atom. The molecule has 0 aliphatic carbocycles. The average molecular weight is 348 g/mol. The van der Waals surface area contributed by atoms with Crippen LogP contribution in [0.3, 0.4) is 0 Å². The monoisotopic (exact) mass is 348 g/mol. The highest BCUT2D eigenvalue weighted by atomic mass is 16.5. The summed E-state index contributed by atoms with van der Waals surface area (Å²) < 4.78 is 5.21. The number of carbonyl (C=O) groups is 1. The zero-order valence-corrected chi connectivity index (χ0v) is 14.1. The van der Waals surface area contributed by atoms with Crippen molar-refractivity contribution < 1.29 is 9.53 Å². The zero-order valence-electron chi connectivity index (χ0n) is 14.1. The van der Waals surface area contributed by atoms with Gasteiger partial charge in [0.2, 0.25) is 0 Å². The number of methoxy groups -OCH3 is 1. The summed E-state index contributed by atoms with van der Waals surface area (Å²) in [5.74, 6) is 0.605. The fraction of sp³-hybridized carbons (Fsp3) is 0.211. The van der Waals surface area contributed by atoms with Crippen molar-refractivity contribution >= 4 is 16.8 Å². The number of hydrogen-bond acceptors (Lipinski definition) is 4. The van der Waals surface area contributed by atoms with E-state index in [2.05, 4.69) is 9.97 Å². The number of nitrogens with zero attached hydrogens (tertiary/aromatic N) is 2. The number of H-pyrrole nitrogens is 2. The lowest BCUT2D eigenvalue weighted by Crippen LogP contribution is -2.37. The lowest BCUT2D eigenvalue weighted by molar-refractivity contribution is 0.0728. The summed E-state index contributed by atoms with van der Waals surface area (Å²) in [6.45, 7) is 0.866. The highest BCUT2D eigenvalue weighted by Gasteiger charge is 2.24. The van der Waals surface area contributed by atoms with Crippen molar-refractivity contribution in [3.63, 3.8) is 0 Å². The van der Waals surface area contributed by atoms with E-state index in [4.69, 9.17) is 10.00 Å². The number of aromatic amines is 2. The first-order valence-corrected chi connectivity index (χ1v) is 8.20. The summed E-state index contributed by atoms with van der Waals surface area (Å²) in [5, 5.41) is 9.96. The first-order valence-electron chi connectivity index (χ1n) is 8.20. The number of nitrogens with one attached hydrogen (secondary N) is 2. The molecule has 4 rings (SSSR count). The molecule has 3 heterocycles. The second-order valence-corrected chi connectivity index (χ2v) is 6.24. The lowest BCUT2D eigenvalue weighted by Gasteiger charge is -2.28. The normalized spacial score (nSPS) is 13.3. The Hall–Kier alpha value is -3.53. The van der Waals surface area contributed by atoms with Gasteiger partial charge in [-0.25, -0.2) is 0 Å². The van der Waals surface area contributed by atoms with Crippen LogP contribution >= 0.6 is 0 Å². The second-order valence-electron chi connectivity index (χ2n) is 6.24. The number of carbonyl (C=O) groups excluding carboxylic acids is 1. The van der Waals surface area contributed by atoms with E-state index in [0.29, 0.717) is 25.2 Å². The molecule has 0 atom stereocenters. The van der Waals surface area contributed by atoms with Crippen LogP contribution in [0.25, 0.3) is 10.9 Å². The van der Waals surface area contributed by atoms with Gasteiger partial charge in [0.25, 0.3) is 11.5 Å². The molecule has 0 fully saturated rings. The molecule has 0 unspecified atom stereocenters. The second kappa shape index (κ2) is 6.08. The predicted octanol–water partition coefficient (Wildman–Crippen LogP) is 1.93. The van der Waals surface area contributed by atoms with Crippen LogP contribution in [0.4, 0.5) is 0 Å². The van der Waals surface area contributed by atoms with Crippen LogP contribution in [0.1, 0.15) is 27.3 Å². The van der Waals surface area contributed by atoms with Crippen LogP contribution in [-0.4, -0.2) is 34.4 Å². The van der Waals surface area contributed by atoms with E-state index in [1.807, 2.05) is 30.3 Å². The van der Waals surface area contributed by atoms with E-state index >= 15 is 0 Å². The molecular formula is C19H16N4O3. The molecule has 3 aromatic rings. The van der Waals surface area contributed by atoms with Crippen molar-refractivity contribution in [3.8, 4) is 11.8 Å². The van der Waals surface area contributed by atoms with Gasteiger partial charge in [0, 0.05) is 42.2 Å². The highest BCUT2D eigenvalue weighted by Crippen LogP contribution is 2.23. The van der Waals surface area contributed by atoms with Gasteiger partial charge in [0.15, 0.2) is 0 Å². The lowest BCUT2D eigenvalue weighted by atomic mass is 10.0. The molecule has 0 radical (unpaired) electrons. The van der Waals surface area contributed by atoms with Gasteiger partial charge in [-0.3, -0.25) is 9.59 Å². The van der Waals surface area contributed by atoms with Crippen LogP contribution in [-0.2, 0) is 13.0 Å². The largest absolute Gasteiger partial charge is 0.497 e. The zero-order chi connectivity index (χ0) is 18.3. The third-order valence-electron chi connectivity index (χ3n) is 4.68. The third kappa shape index (κ3) is 2.62. The highest BCUT2D eigenvalue weighted by molar-refractivity contribution is 5.98. The van der Waals surface area contributed by atoms with Crippen LogP contribution in [0.15, 0.2) is 35.1 Å². The van der Waals surface area contributed by atoms with E-state index in [1.165, 1.54) is 0 Å². The van der Waals surface area contributed by atoms with Crippen LogP contribution < -0.4 is 10.3 Å². The number of nitriles is 1. The van der Waals surface area contributed by atoms with Gasteiger partial charge in [-0.1, -0.05) is 0 Å². The van der Waals surface area contributed by atoms with Crippen LogP contribution in [0.2, 0.25) is 0 Å². The molecule has 2 N–H and O–H groups in total. The molecule has 1 aliphatic rings. The van der Waals surface area contributed by atoms with E-state index in [1.54, 1.807) is 18.1 Å². The predicted molar refractivity (Wildman–Crippen MR) is 95.1 cm³/mol. The van der Waals surface area contributed by atoms with Crippen molar-refractivity contribution in [2.45, 2.75) is 13.0 Å². The van der Waals surface area contributed by atoms with E-state index in [-0.39, 0.29) is 17.0 Å². The molecular weight excluding hydrogens is 332 g/mol. The SMILES string of the molecule is COc1ccc2cc(C(=O)N3CCc4[nH]c(=O)c(C#N)cc4C3)[nH]c2c1. The van der Waals surface area contributed by atoms with Gasteiger partial charge >= 0.3 is 0 Å². The molecule has 7 heteroatoms. The first-order chi connectivity index (χ1) is 12.6. The van der Waals surface area contributed by atoms with Crippen molar-refractivity contribution in [2.24, 2.45) is 0 Å². The maximum Gasteiger partial charge on any atom is 0.270 e. The molecule has 0 saturated heterocycles. The molecule has 7 nitrogen and oxygen atoms in total. The molecule has 1 amide bonds. The topological polar surface area (TPSA) is 102 Å². The van der Waals surface area contributed by atoms with Gasteiger partial charge in [0.05, 0.1) is 7.11 Å². The Bertz CT molecular complexity index is 1120. The molecule has 26 heavy (non-hydrogen) atoms. The number of amides is 1. The van der Waals surface area contributed by atoms with Crippen molar-refractivity contribution in [1.82, 2.24) is 14.9 Å². The van der Waals surface area contributed by atoms with Crippen molar-refractivity contribution in [2.75, 3.05) is 13.7 Å². The maximum absolute atomic E-state index is 12.9. The Balaban J connectivity index is 1.63. The number of ether oxygens (including phenoxy) is 1. The summed E-state index contributed by atoms with van der Waals surface area (Å²) in [6.07, 6.45) is 0.552. The smallest absolute Gasteiger partial charge is 0.270 e. The first kappa shape index (κ1) is 16.0. The Morgan fingerprint density at radius 3 is 2.88 bits per heavy atom. The average Bonchev–Trinajstić information content (AvgIpc) is 3.09. The standard InChI is InChI=1S/C19H16N4O3/c1-26-14-3-2-11-7-17(21-16(11)8-14)19(25)23-5-4-15-13(10-23)6-12(9-20)18(24)22-15/h2-3,6-8,21H,4-5,10H2,1H3,(H,22,24). The summed E-state index contributed by atoms with van der Waals surface area (Å²) in [4.78, 5) is 32.2. The van der Waals surface area contributed by atoms with Crippen LogP contribution in [0.5, 0.6) is 5.75 Å². The number of aromatic nitrogens is 2. The van der Waals surface area contributed by atoms with Gasteiger partial charge in [-0.2, -0.15) is 5.26 Å². The Kier molecular flexibility index (Phi) is 3.73. The van der Waals surface area contributed by atoms with E-state index < -0.39 is 0 Å². The number of fused-ring (bicyclic) bond motifs is 2. The number of hydrogen-bond donors (Lipinski definition) is 2. The van der Waals surface area contributed by atoms with Gasteiger partial charge in [-0.05, 0) is 29.8 Å². The minimum absolute atomic E-state index is 0.0655. The fourth-order valence-corrected chi connectivity index (χ4v) is 3.28.